The standard InChI is InChI=1S/C22H24N2O/c1-18-9-11-20(12-10-18)24(23-17-19-7-5-4-6-8-19)22(2)15-13-21(25-3)14-16-22/h4-9,11-15,17H,1,10,16H2,2-3H3/b23-17-. The van der Waals surface area contributed by atoms with Crippen molar-refractivity contribution >= 4 is 6.21 Å². The molecule has 128 valence electrons. The lowest BCUT2D eigenvalue weighted by Crippen LogP contribution is -2.41. The van der Waals surface area contributed by atoms with Crippen LogP contribution < -0.4 is 0 Å². The average Bonchev–Trinajstić information content (AvgIpc) is 2.65. The first-order valence-electron chi connectivity index (χ1n) is 8.49. The molecule has 0 N–H and O–H groups in total. The summed E-state index contributed by atoms with van der Waals surface area (Å²) in [4.78, 5) is 0. The SMILES string of the molecule is C=C1C=CC(N(/N=C\c2ccccc2)C2(C)C=CC(OC)=CC2)=CC1. The van der Waals surface area contributed by atoms with Crippen molar-refractivity contribution in [2.45, 2.75) is 25.3 Å². The zero-order chi connectivity index (χ0) is 17.7. The second-order valence-electron chi connectivity index (χ2n) is 6.50. The molecule has 1 aromatic rings. The van der Waals surface area contributed by atoms with Gasteiger partial charge in [0.05, 0.1) is 24.6 Å². The Balaban J connectivity index is 1.91. The molecule has 0 saturated heterocycles. The van der Waals surface area contributed by atoms with E-state index in [0.717, 1.165) is 35.4 Å². The summed E-state index contributed by atoms with van der Waals surface area (Å²) >= 11 is 0. The van der Waals surface area contributed by atoms with Gasteiger partial charge in [-0.2, -0.15) is 5.10 Å². The fourth-order valence-corrected chi connectivity index (χ4v) is 2.90. The van der Waals surface area contributed by atoms with E-state index in [-0.39, 0.29) is 5.54 Å². The minimum Gasteiger partial charge on any atom is -0.497 e. The van der Waals surface area contributed by atoms with Crippen molar-refractivity contribution in [3.8, 4) is 0 Å². The Morgan fingerprint density at radius 2 is 1.96 bits per heavy atom. The Morgan fingerprint density at radius 3 is 2.56 bits per heavy atom. The molecular weight excluding hydrogens is 308 g/mol. The molecule has 3 heteroatoms. The van der Waals surface area contributed by atoms with Crippen LogP contribution in [0.2, 0.25) is 0 Å². The maximum atomic E-state index is 5.33. The summed E-state index contributed by atoms with van der Waals surface area (Å²) in [6, 6.07) is 10.2. The van der Waals surface area contributed by atoms with Crippen LogP contribution in [0.25, 0.3) is 0 Å². The zero-order valence-corrected chi connectivity index (χ0v) is 14.9. The summed E-state index contributed by atoms with van der Waals surface area (Å²) in [6.45, 7) is 6.21. The molecule has 0 saturated carbocycles. The number of benzene rings is 1. The highest BCUT2D eigenvalue weighted by molar-refractivity contribution is 5.79. The van der Waals surface area contributed by atoms with Gasteiger partial charge in [0.1, 0.15) is 5.76 Å². The van der Waals surface area contributed by atoms with Gasteiger partial charge >= 0.3 is 0 Å². The number of methoxy groups -OCH3 is 1. The molecule has 1 aromatic carbocycles. The molecule has 3 rings (SSSR count). The zero-order valence-electron chi connectivity index (χ0n) is 14.9. The Bertz CT molecular complexity index is 784. The quantitative estimate of drug-likeness (QED) is 0.562. The smallest absolute Gasteiger partial charge is 0.114 e. The van der Waals surface area contributed by atoms with E-state index >= 15 is 0 Å². The first-order valence-corrected chi connectivity index (χ1v) is 8.49. The molecular formula is C22H24N2O. The molecule has 2 aliphatic carbocycles. The number of nitrogens with zero attached hydrogens (tertiary/aromatic N) is 2. The molecule has 2 aliphatic rings. The van der Waals surface area contributed by atoms with E-state index in [2.05, 4.69) is 61.0 Å². The van der Waals surface area contributed by atoms with Crippen molar-refractivity contribution in [3.05, 3.63) is 96.0 Å². The van der Waals surface area contributed by atoms with Crippen molar-refractivity contribution < 1.29 is 4.74 Å². The molecule has 0 amide bonds. The average molecular weight is 332 g/mol. The fraction of sp³-hybridized carbons (Fsp3) is 0.227. The van der Waals surface area contributed by atoms with Gasteiger partial charge < -0.3 is 4.74 Å². The summed E-state index contributed by atoms with van der Waals surface area (Å²) in [5.74, 6) is 0.894. The highest BCUT2D eigenvalue weighted by Crippen LogP contribution is 2.33. The monoisotopic (exact) mass is 332 g/mol. The summed E-state index contributed by atoms with van der Waals surface area (Å²) in [7, 11) is 1.70. The van der Waals surface area contributed by atoms with E-state index in [9.17, 15) is 0 Å². The van der Waals surface area contributed by atoms with E-state index in [4.69, 9.17) is 9.84 Å². The van der Waals surface area contributed by atoms with Gasteiger partial charge in [-0.1, -0.05) is 60.7 Å². The van der Waals surface area contributed by atoms with Gasteiger partial charge in [0, 0.05) is 0 Å². The molecule has 1 atom stereocenters. The van der Waals surface area contributed by atoms with Gasteiger partial charge in [0.25, 0.3) is 0 Å². The third-order valence-corrected chi connectivity index (χ3v) is 4.47. The highest BCUT2D eigenvalue weighted by Gasteiger charge is 2.32. The molecule has 0 fully saturated rings. The van der Waals surface area contributed by atoms with Crippen LogP contribution in [0.5, 0.6) is 0 Å². The molecule has 0 aliphatic heterocycles. The van der Waals surface area contributed by atoms with Gasteiger partial charge in [-0.3, -0.25) is 5.01 Å². The van der Waals surface area contributed by atoms with E-state index in [1.165, 1.54) is 0 Å². The largest absolute Gasteiger partial charge is 0.497 e. The number of hydrogen-bond acceptors (Lipinski definition) is 3. The van der Waals surface area contributed by atoms with Gasteiger partial charge in [-0.05, 0) is 43.6 Å². The minimum absolute atomic E-state index is 0.248. The Labute approximate surface area is 150 Å². The van der Waals surface area contributed by atoms with E-state index in [0.29, 0.717) is 0 Å². The number of hydrogen-bond donors (Lipinski definition) is 0. The second-order valence-corrected chi connectivity index (χ2v) is 6.50. The summed E-state index contributed by atoms with van der Waals surface area (Å²) < 4.78 is 5.33. The number of allylic oxidation sites excluding steroid dienone is 5. The summed E-state index contributed by atoms with van der Waals surface area (Å²) in [6.07, 6.45) is 16.2. The van der Waals surface area contributed by atoms with E-state index < -0.39 is 0 Å². The lowest BCUT2D eigenvalue weighted by molar-refractivity contribution is 0.203. The molecule has 0 heterocycles. The van der Waals surface area contributed by atoms with Crippen molar-refractivity contribution in [2.75, 3.05) is 7.11 Å². The maximum absolute atomic E-state index is 5.33. The van der Waals surface area contributed by atoms with Crippen LogP contribution in [0.3, 0.4) is 0 Å². The predicted octanol–water partition coefficient (Wildman–Crippen LogP) is 4.97. The minimum atomic E-state index is -0.248. The first-order chi connectivity index (χ1) is 12.1. The van der Waals surface area contributed by atoms with Crippen LogP contribution in [0, 0.1) is 0 Å². The second kappa shape index (κ2) is 7.39. The van der Waals surface area contributed by atoms with Crippen molar-refractivity contribution in [3.63, 3.8) is 0 Å². The van der Waals surface area contributed by atoms with Crippen molar-refractivity contribution in [1.82, 2.24) is 5.01 Å². The molecule has 1 unspecified atom stereocenters. The van der Waals surface area contributed by atoms with Crippen LogP contribution in [-0.4, -0.2) is 23.9 Å². The summed E-state index contributed by atoms with van der Waals surface area (Å²) in [5.41, 5.74) is 3.03. The van der Waals surface area contributed by atoms with Gasteiger partial charge in [-0.15, -0.1) is 0 Å². The maximum Gasteiger partial charge on any atom is 0.114 e. The van der Waals surface area contributed by atoms with Gasteiger partial charge in [0.2, 0.25) is 0 Å². The Morgan fingerprint density at radius 1 is 1.16 bits per heavy atom. The number of hydrazone groups is 1. The highest BCUT2D eigenvalue weighted by atomic mass is 16.5. The molecule has 0 aromatic heterocycles. The van der Waals surface area contributed by atoms with Crippen LogP contribution >= 0.6 is 0 Å². The first kappa shape index (κ1) is 17.0. The Kier molecular flexibility index (Phi) is 5.03. The van der Waals surface area contributed by atoms with Gasteiger partial charge in [-0.25, -0.2) is 0 Å². The lowest BCUT2D eigenvalue weighted by Gasteiger charge is -2.39. The Hall–Kier alpha value is -2.81. The van der Waals surface area contributed by atoms with Crippen LogP contribution in [-0.2, 0) is 4.74 Å². The molecule has 0 spiro atoms. The van der Waals surface area contributed by atoms with E-state index in [1.807, 2.05) is 30.5 Å². The third-order valence-electron chi connectivity index (χ3n) is 4.47. The van der Waals surface area contributed by atoms with Crippen molar-refractivity contribution in [1.29, 1.82) is 0 Å². The molecule has 0 radical (unpaired) electrons. The van der Waals surface area contributed by atoms with Crippen LogP contribution in [0.15, 0.2) is 95.5 Å². The van der Waals surface area contributed by atoms with Gasteiger partial charge in [0.15, 0.2) is 0 Å². The normalized spacial score (nSPS) is 22.7. The van der Waals surface area contributed by atoms with Crippen molar-refractivity contribution in [2.24, 2.45) is 5.10 Å². The predicted molar refractivity (Wildman–Crippen MR) is 104 cm³/mol. The lowest BCUT2D eigenvalue weighted by atomic mass is 9.91. The number of rotatable bonds is 5. The van der Waals surface area contributed by atoms with Crippen LogP contribution in [0.4, 0.5) is 0 Å². The number of ether oxygens (including phenoxy) is 1. The van der Waals surface area contributed by atoms with E-state index in [1.54, 1.807) is 7.11 Å². The molecule has 25 heavy (non-hydrogen) atoms. The van der Waals surface area contributed by atoms with Crippen LogP contribution in [0.1, 0.15) is 25.3 Å². The topological polar surface area (TPSA) is 24.8 Å². The third kappa shape index (κ3) is 4.00. The fourth-order valence-electron chi connectivity index (χ4n) is 2.90. The molecule has 3 nitrogen and oxygen atoms in total. The molecule has 0 bridgehead atoms. The summed E-state index contributed by atoms with van der Waals surface area (Å²) in [5, 5.41) is 6.91.